The zero-order valence-corrected chi connectivity index (χ0v) is 28.5. The van der Waals surface area contributed by atoms with Crippen molar-refractivity contribution in [2.45, 2.75) is 53.4 Å². The zero-order chi connectivity index (χ0) is 34.3. The summed E-state index contributed by atoms with van der Waals surface area (Å²) in [5.74, 6) is 0.00793. The Kier molecular flexibility index (Phi) is 11.2. The van der Waals surface area contributed by atoms with Crippen molar-refractivity contribution in [3.63, 3.8) is 0 Å². The number of anilines is 2. The lowest BCUT2D eigenvalue weighted by atomic mass is 9.87. The van der Waals surface area contributed by atoms with Gasteiger partial charge in [-0.3, -0.25) is 14.6 Å². The molecular weight excluding hydrogens is 611 g/mol. The molecule has 5 rings (SSSR count). The van der Waals surface area contributed by atoms with Gasteiger partial charge in [0, 0.05) is 48.2 Å². The number of fused-ring (bicyclic) bond motifs is 1. The van der Waals surface area contributed by atoms with Crippen molar-refractivity contribution in [1.82, 2.24) is 9.88 Å². The average Bonchev–Trinajstić information content (AvgIpc) is 3.39. The van der Waals surface area contributed by atoms with Gasteiger partial charge in [-0.15, -0.1) is 0 Å². The van der Waals surface area contributed by atoms with Gasteiger partial charge >= 0.3 is 0 Å². The third-order valence-corrected chi connectivity index (χ3v) is 8.75. The molecule has 1 aromatic heterocycles. The van der Waals surface area contributed by atoms with Gasteiger partial charge in [0.2, 0.25) is 11.8 Å². The van der Waals surface area contributed by atoms with Gasteiger partial charge in [-0.1, -0.05) is 31.5 Å². The molecule has 10 heteroatoms. The quantitative estimate of drug-likeness (QED) is 0.103. The second-order valence-corrected chi connectivity index (χ2v) is 12.4. The lowest BCUT2D eigenvalue weighted by Crippen LogP contribution is -2.41. The number of aryl methyl sites for hydroxylation is 1. The van der Waals surface area contributed by atoms with Crippen molar-refractivity contribution in [1.29, 1.82) is 0 Å². The molecule has 1 aliphatic rings. The molecule has 9 nitrogen and oxygen atoms in total. The smallest absolute Gasteiger partial charge is 0.242 e. The van der Waals surface area contributed by atoms with Gasteiger partial charge in [0.15, 0.2) is 23.1 Å². The van der Waals surface area contributed by atoms with Gasteiger partial charge < -0.3 is 29.3 Å². The molecule has 0 spiro atoms. The number of nitrogens with one attached hydrogen (secondary N) is 1. The number of ether oxygens (including phenoxy) is 3. The van der Waals surface area contributed by atoms with Crippen LogP contribution in [-0.4, -0.2) is 61.6 Å². The molecule has 4 aromatic rings. The zero-order valence-electron chi connectivity index (χ0n) is 28.5. The normalized spacial score (nSPS) is 16.1. The minimum absolute atomic E-state index is 0.0304. The summed E-state index contributed by atoms with van der Waals surface area (Å²) in [6.45, 7) is 12.0. The summed E-state index contributed by atoms with van der Waals surface area (Å²) < 4.78 is 33.1. The Bertz CT molecular complexity index is 1740. The van der Waals surface area contributed by atoms with E-state index < -0.39 is 17.1 Å². The number of hydrogen-bond donors (Lipinski definition) is 1. The molecule has 0 aliphatic carbocycles. The van der Waals surface area contributed by atoms with Crippen molar-refractivity contribution < 1.29 is 28.2 Å². The molecule has 1 atom stereocenters. The lowest BCUT2D eigenvalue weighted by Gasteiger charge is -2.23. The number of carbonyl (C=O) groups is 2. The van der Waals surface area contributed by atoms with Gasteiger partial charge in [-0.25, -0.2) is 4.39 Å². The number of rotatable bonds is 15. The average molecular weight is 657 g/mol. The molecule has 1 aliphatic heterocycles. The Balaban J connectivity index is 1.25. The SMILES string of the molecule is CCCN(CCC)CCCOc1cc2nccc(Oc3ccc(NC(=O)C4(C)CCN(c5ccc(C)cc5)C4=O)cc3F)c2cc1OC. The molecular formula is C38H45FN4O5. The second kappa shape index (κ2) is 15.5. The minimum atomic E-state index is -1.28. The highest BCUT2D eigenvalue weighted by molar-refractivity contribution is 6.16. The summed E-state index contributed by atoms with van der Waals surface area (Å²) in [5, 5.41) is 3.36. The van der Waals surface area contributed by atoms with Crippen LogP contribution in [0.2, 0.25) is 0 Å². The Morgan fingerprint density at radius 3 is 2.42 bits per heavy atom. The van der Waals surface area contributed by atoms with Crippen LogP contribution in [0.1, 0.15) is 52.0 Å². The van der Waals surface area contributed by atoms with Crippen LogP contribution in [-0.2, 0) is 9.59 Å². The van der Waals surface area contributed by atoms with E-state index in [0.29, 0.717) is 47.7 Å². The Morgan fingerprint density at radius 2 is 1.73 bits per heavy atom. The number of hydrogen-bond acceptors (Lipinski definition) is 7. The van der Waals surface area contributed by atoms with Crippen LogP contribution in [0, 0.1) is 18.2 Å². The molecule has 0 saturated carbocycles. The first-order valence-electron chi connectivity index (χ1n) is 16.7. The van der Waals surface area contributed by atoms with E-state index in [1.807, 2.05) is 31.2 Å². The monoisotopic (exact) mass is 656 g/mol. The van der Waals surface area contributed by atoms with Crippen LogP contribution in [0.3, 0.4) is 0 Å². The van der Waals surface area contributed by atoms with Crippen LogP contribution in [0.4, 0.5) is 15.8 Å². The summed E-state index contributed by atoms with van der Waals surface area (Å²) in [7, 11) is 1.57. The van der Waals surface area contributed by atoms with E-state index >= 15 is 4.39 Å². The Labute approximate surface area is 282 Å². The first kappa shape index (κ1) is 34.6. The maximum absolute atomic E-state index is 15.4. The van der Waals surface area contributed by atoms with E-state index in [1.165, 1.54) is 12.1 Å². The molecule has 254 valence electrons. The molecule has 1 unspecified atom stereocenters. The second-order valence-electron chi connectivity index (χ2n) is 12.4. The third kappa shape index (κ3) is 7.71. The van der Waals surface area contributed by atoms with Gasteiger partial charge in [0.05, 0.1) is 19.2 Å². The number of nitrogens with zero attached hydrogens (tertiary/aromatic N) is 3. The first-order valence-corrected chi connectivity index (χ1v) is 16.7. The van der Waals surface area contributed by atoms with E-state index in [1.54, 1.807) is 49.4 Å². The van der Waals surface area contributed by atoms with Crippen LogP contribution in [0.15, 0.2) is 66.9 Å². The van der Waals surface area contributed by atoms with Crippen molar-refractivity contribution >= 4 is 34.1 Å². The number of aromatic nitrogens is 1. The van der Waals surface area contributed by atoms with E-state index in [2.05, 4.69) is 29.0 Å². The summed E-state index contributed by atoms with van der Waals surface area (Å²) in [6, 6.07) is 17.0. The van der Waals surface area contributed by atoms with Crippen molar-refractivity contribution in [2.75, 3.05) is 50.1 Å². The number of pyridine rings is 1. The van der Waals surface area contributed by atoms with Crippen molar-refractivity contribution in [3.05, 3.63) is 78.2 Å². The lowest BCUT2D eigenvalue weighted by molar-refractivity contribution is -0.135. The van der Waals surface area contributed by atoms with Gasteiger partial charge in [0.1, 0.15) is 11.2 Å². The Hall–Kier alpha value is -4.70. The van der Waals surface area contributed by atoms with Gasteiger partial charge in [-0.05, 0) is 89.0 Å². The maximum Gasteiger partial charge on any atom is 0.242 e. The van der Waals surface area contributed by atoms with Crippen LogP contribution in [0.25, 0.3) is 10.9 Å². The van der Waals surface area contributed by atoms with Crippen LogP contribution >= 0.6 is 0 Å². The molecule has 1 saturated heterocycles. The topological polar surface area (TPSA) is 93.2 Å². The van der Waals surface area contributed by atoms with Gasteiger partial charge in [0.25, 0.3) is 0 Å². The van der Waals surface area contributed by atoms with Crippen LogP contribution in [0.5, 0.6) is 23.0 Å². The molecule has 3 aromatic carbocycles. The maximum atomic E-state index is 15.4. The van der Waals surface area contributed by atoms with Gasteiger partial charge in [-0.2, -0.15) is 0 Å². The summed E-state index contributed by atoms with van der Waals surface area (Å²) in [5.41, 5.74) is 1.39. The number of carbonyl (C=O) groups excluding carboxylic acids is 2. The van der Waals surface area contributed by atoms with E-state index in [-0.39, 0.29) is 17.3 Å². The highest BCUT2D eigenvalue weighted by atomic mass is 19.1. The minimum Gasteiger partial charge on any atom is -0.493 e. The van der Waals surface area contributed by atoms with E-state index in [0.717, 1.165) is 50.1 Å². The number of halogens is 1. The number of amides is 2. The van der Waals surface area contributed by atoms with E-state index in [4.69, 9.17) is 14.2 Å². The Morgan fingerprint density at radius 1 is 0.979 bits per heavy atom. The molecule has 1 N–H and O–H groups in total. The fraction of sp³-hybridized carbons (Fsp3) is 0.395. The highest BCUT2D eigenvalue weighted by Gasteiger charge is 2.49. The third-order valence-electron chi connectivity index (χ3n) is 8.75. The molecule has 0 bridgehead atoms. The first-order chi connectivity index (χ1) is 23.2. The summed E-state index contributed by atoms with van der Waals surface area (Å²) in [6.07, 6.45) is 5.06. The largest absolute Gasteiger partial charge is 0.493 e. The van der Waals surface area contributed by atoms with Crippen molar-refractivity contribution in [2.24, 2.45) is 5.41 Å². The molecule has 2 amide bonds. The van der Waals surface area contributed by atoms with E-state index in [9.17, 15) is 9.59 Å². The number of methoxy groups -OCH3 is 1. The molecule has 1 fully saturated rings. The highest BCUT2D eigenvalue weighted by Crippen LogP contribution is 2.39. The fourth-order valence-corrected chi connectivity index (χ4v) is 6.00. The summed E-state index contributed by atoms with van der Waals surface area (Å²) >= 11 is 0. The molecule has 48 heavy (non-hydrogen) atoms. The van der Waals surface area contributed by atoms with Crippen LogP contribution < -0.4 is 24.4 Å². The van der Waals surface area contributed by atoms with Crippen molar-refractivity contribution in [3.8, 4) is 23.0 Å². The molecule has 2 heterocycles. The fourth-order valence-electron chi connectivity index (χ4n) is 6.00. The number of benzene rings is 3. The predicted octanol–water partition coefficient (Wildman–Crippen LogP) is 7.76. The standard InChI is InChI=1S/C38H45FN4O5/c1-6-18-42(19-7-2)20-8-22-47-35-25-31-29(24-34(35)46-5)32(15-17-40-31)48-33-14-11-27(23-30(33)39)41-36(44)38(4)16-21-43(37(38)45)28-12-9-26(3)10-13-28/h9-15,17,23-25H,6-8,16,18-22H2,1-5H3,(H,41,44). The summed E-state index contributed by atoms with van der Waals surface area (Å²) in [4.78, 5) is 35.2. The predicted molar refractivity (Wildman–Crippen MR) is 187 cm³/mol. The molecule has 0 radical (unpaired) electrons.